The number of hydrogen-bond acceptors (Lipinski definition) is 2. The van der Waals surface area contributed by atoms with Crippen molar-refractivity contribution in [3.05, 3.63) is 36.0 Å². The van der Waals surface area contributed by atoms with Gasteiger partial charge in [-0.05, 0) is 43.7 Å². The zero-order chi connectivity index (χ0) is 10.8. The van der Waals surface area contributed by atoms with Crippen molar-refractivity contribution in [3.63, 3.8) is 0 Å². The number of nitrogens with zero attached hydrogens (tertiary/aromatic N) is 2. The summed E-state index contributed by atoms with van der Waals surface area (Å²) < 4.78 is 1.94. The molecule has 2 aromatic rings. The highest BCUT2D eigenvalue weighted by molar-refractivity contribution is 5.61. The maximum absolute atomic E-state index is 9.45. The molecule has 0 aliphatic rings. The molecule has 1 aromatic carbocycles. The van der Waals surface area contributed by atoms with Gasteiger partial charge in [-0.2, -0.15) is 5.10 Å². The highest BCUT2D eigenvalue weighted by Gasteiger charge is 2.05. The Balaban J connectivity index is 2.50. The van der Waals surface area contributed by atoms with Crippen LogP contribution >= 0.6 is 0 Å². The summed E-state index contributed by atoms with van der Waals surface area (Å²) >= 11 is 0. The summed E-state index contributed by atoms with van der Waals surface area (Å²) in [6.45, 7) is 4.80. The van der Waals surface area contributed by atoms with Crippen molar-refractivity contribution in [3.8, 4) is 17.0 Å². The molecule has 0 radical (unpaired) electrons. The fourth-order valence-electron chi connectivity index (χ4n) is 1.64. The molecule has 0 saturated heterocycles. The lowest BCUT2D eigenvalue weighted by atomic mass is 10.1. The minimum absolute atomic E-state index is 0.335. The molecule has 0 bridgehead atoms. The van der Waals surface area contributed by atoms with E-state index in [0.29, 0.717) is 5.75 Å². The third-order valence-electron chi connectivity index (χ3n) is 2.51. The normalized spacial score (nSPS) is 10.5. The first-order valence-electron chi connectivity index (χ1n) is 5.04. The fraction of sp³-hybridized carbons (Fsp3) is 0.250. The Bertz CT molecular complexity index is 474. The van der Waals surface area contributed by atoms with E-state index in [2.05, 4.69) is 12.0 Å². The lowest BCUT2D eigenvalue weighted by Crippen LogP contribution is -1.98. The van der Waals surface area contributed by atoms with Crippen LogP contribution in [0.4, 0.5) is 0 Å². The summed E-state index contributed by atoms with van der Waals surface area (Å²) in [7, 11) is 0. The molecule has 3 heteroatoms. The van der Waals surface area contributed by atoms with Crippen LogP contribution < -0.4 is 0 Å². The van der Waals surface area contributed by atoms with Gasteiger partial charge in [-0.1, -0.05) is 0 Å². The Morgan fingerprint density at radius 3 is 2.80 bits per heavy atom. The van der Waals surface area contributed by atoms with Gasteiger partial charge in [0.2, 0.25) is 0 Å². The summed E-state index contributed by atoms with van der Waals surface area (Å²) in [5.41, 5.74) is 3.06. The Morgan fingerprint density at radius 2 is 2.13 bits per heavy atom. The van der Waals surface area contributed by atoms with E-state index < -0.39 is 0 Å². The number of rotatable bonds is 2. The van der Waals surface area contributed by atoms with Crippen molar-refractivity contribution in [1.82, 2.24) is 9.78 Å². The van der Waals surface area contributed by atoms with E-state index >= 15 is 0 Å². The van der Waals surface area contributed by atoms with Crippen LogP contribution in [-0.2, 0) is 6.54 Å². The van der Waals surface area contributed by atoms with Crippen LogP contribution in [0.25, 0.3) is 11.3 Å². The molecule has 0 aliphatic heterocycles. The predicted octanol–water partition coefficient (Wildman–Crippen LogP) is 2.58. The highest BCUT2D eigenvalue weighted by atomic mass is 16.3. The van der Waals surface area contributed by atoms with Crippen molar-refractivity contribution < 1.29 is 5.11 Å². The summed E-state index contributed by atoms with van der Waals surface area (Å²) in [5, 5.41) is 13.7. The van der Waals surface area contributed by atoms with Gasteiger partial charge in [0.25, 0.3) is 0 Å². The molecule has 0 aliphatic carbocycles. The number of phenolic OH excluding ortho intramolecular Hbond substituents is 1. The van der Waals surface area contributed by atoms with E-state index in [1.54, 1.807) is 12.3 Å². The SMILES string of the molecule is CCn1nccc1-c1ccc(O)c(C)c1. The predicted molar refractivity (Wildman–Crippen MR) is 59.7 cm³/mol. The van der Waals surface area contributed by atoms with Gasteiger partial charge in [0.1, 0.15) is 5.75 Å². The molecule has 0 amide bonds. The molecule has 2 rings (SSSR count). The Morgan fingerprint density at radius 1 is 1.33 bits per heavy atom. The first-order valence-corrected chi connectivity index (χ1v) is 5.04. The van der Waals surface area contributed by atoms with Gasteiger partial charge in [0.05, 0.1) is 5.69 Å². The van der Waals surface area contributed by atoms with Gasteiger partial charge in [-0.15, -0.1) is 0 Å². The maximum atomic E-state index is 9.45. The third-order valence-corrected chi connectivity index (χ3v) is 2.51. The zero-order valence-electron chi connectivity index (χ0n) is 8.94. The molecule has 15 heavy (non-hydrogen) atoms. The topological polar surface area (TPSA) is 38.0 Å². The maximum Gasteiger partial charge on any atom is 0.118 e. The molecular formula is C12H14N2O. The third kappa shape index (κ3) is 1.73. The van der Waals surface area contributed by atoms with Crippen LogP contribution in [0.5, 0.6) is 5.75 Å². The number of hydrogen-bond donors (Lipinski definition) is 1. The minimum Gasteiger partial charge on any atom is -0.508 e. The van der Waals surface area contributed by atoms with Crippen molar-refractivity contribution in [2.24, 2.45) is 0 Å². The lowest BCUT2D eigenvalue weighted by molar-refractivity contribution is 0.471. The first kappa shape index (κ1) is 9.77. The number of benzene rings is 1. The van der Waals surface area contributed by atoms with Crippen molar-refractivity contribution in [2.45, 2.75) is 20.4 Å². The van der Waals surface area contributed by atoms with Crippen LogP contribution in [0.2, 0.25) is 0 Å². The molecule has 0 saturated carbocycles. The Hall–Kier alpha value is -1.77. The molecule has 1 heterocycles. The van der Waals surface area contributed by atoms with Gasteiger partial charge in [0.15, 0.2) is 0 Å². The monoisotopic (exact) mass is 202 g/mol. The summed E-state index contributed by atoms with van der Waals surface area (Å²) in [6.07, 6.45) is 1.79. The number of aromatic nitrogens is 2. The van der Waals surface area contributed by atoms with E-state index in [9.17, 15) is 5.11 Å². The largest absolute Gasteiger partial charge is 0.508 e. The van der Waals surface area contributed by atoms with Crippen LogP contribution in [-0.4, -0.2) is 14.9 Å². The average Bonchev–Trinajstić information content (AvgIpc) is 2.70. The van der Waals surface area contributed by atoms with Crippen LogP contribution in [0.3, 0.4) is 0 Å². The minimum atomic E-state index is 0.335. The molecular weight excluding hydrogens is 188 g/mol. The Kier molecular flexibility index (Phi) is 2.46. The van der Waals surface area contributed by atoms with Gasteiger partial charge in [-0.25, -0.2) is 0 Å². The summed E-state index contributed by atoms with van der Waals surface area (Å²) in [6, 6.07) is 7.58. The first-order chi connectivity index (χ1) is 7.22. The van der Waals surface area contributed by atoms with Crippen LogP contribution in [0, 0.1) is 6.92 Å². The van der Waals surface area contributed by atoms with Gasteiger partial charge in [-0.3, -0.25) is 4.68 Å². The van der Waals surface area contributed by atoms with Crippen LogP contribution in [0.15, 0.2) is 30.5 Å². The van der Waals surface area contributed by atoms with Gasteiger partial charge >= 0.3 is 0 Å². The molecule has 0 atom stereocenters. The quantitative estimate of drug-likeness (QED) is 0.812. The molecule has 78 valence electrons. The summed E-state index contributed by atoms with van der Waals surface area (Å²) in [4.78, 5) is 0. The lowest BCUT2D eigenvalue weighted by Gasteiger charge is -2.06. The van der Waals surface area contributed by atoms with E-state index in [0.717, 1.165) is 23.4 Å². The van der Waals surface area contributed by atoms with Gasteiger partial charge < -0.3 is 5.11 Å². The second-order valence-corrected chi connectivity index (χ2v) is 3.53. The van der Waals surface area contributed by atoms with Crippen molar-refractivity contribution >= 4 is 0 Å². The second-order valence-electron chi connectivity index (χ2n) is 3.53. The average molecular weight is 202 g/mol. The number of phenols is 1. The van der Waals surface area contributed by atoms with Gasteiger partial charge in [0, 0.05) is 18.3 Å². The second kappa shape index (κ2) is 3.77. The smallest absolute Gasteiger partial charge is 0.118 e. The van der Waals surface area contributed by atoms with Crippen LogP contribution in [0.1, 0.15) is 12.5 Å². The fourth-order valence-corrected chi connectivity index (χ4v) is 1.64. The molecule has 0 spiro atoms. The standard InChI is InChI=1S/C12H14N2O/c1-3-14-11(6-7-13-14)10-4-5-12(15)9(2)8-10/h4-8,15H,3H2,1-2H3. The van der Waals surface area contributed by atoms with Crippen molar-refractivity contribution in [2.75, 3.05) is 0 Å². The molecule has 0 unspecified atom stereocenters. The molecule has 3 nitrogen and oxygen atoms in total. The highest BCUT2D eigenvalue weighted by Crippen LogP contribution is 2.24. The molecule has 0 fully saturated rings. The number of aryl methyl sites for hydroxylation is 2. The van der Waals surface area contributed by atoms with E-state index in [1.165, 1.54) is 0 Å². The van der Waals surface area contributed by atoms with E-state index in [1.807, 2.05) is 29.8 Å². The molecule has 1 aromatic heterocycles. The molecule has 1 N–H and O–H groups in total. The van der Waals surface area contributed by atoms with E-state index in [4.69, 9.17) is 0 Å². The Labute approximate surface area is 89.0 Å². The summed E-state index contributed by atoms with van der Waals surface area (Å²) in [5.74, 6) is 0.335. The number of aromatic hydroxyl groups is 1. The van der Waals surface area contributed by atoms with E-state index in [-0.39, 0.29) is 0 Å². The van der Waals surface area contributed by atoms with Crippen molar-refractivity contribution in [1.29, 1.82) is 0 Å². The zero-order valence-corrected chi connectivity index (χ0v) is 8.94.